The van der Waals surface area contributed by atoms with Gasteiger partial charge < -0.3 is 9.84 Å². The highest BCUT2D eigenvalue weighted by Crippen LogP contribution is 2.22. The van der Waals surface area contributed by atoms with Gasteiger partial charge in [0, 0.05) is 18.0 Å². The Bertz CT molecular complexity index is 773. The normalized spacial score (nSPS) is 10.5. The SMILES string of the molecule is OCc1ccc(F)c(COc2ccc(-c3cccnc3)cc2)c1. The number of aromatic nitrogens is 1. The fourth-order valence-corrected chi connectivity index (χ4v) is 2.28. The quantitative estimate of drug-likeness (QED) is 0.775. The zero-order chi connectivity index (χ0) is 16.1. The first-order valence-corrected chi connectivity index (χ1v) is 7.27. The summed E-state index contributed by atoms with van der Waals surface area (Å²) in [5.41, 5.74) is 3.16. The number of nitrogens with zero attached hydrogens (tertiary/aromatic N) is 1. The van der Waals surface area contributed by atoms with Gasteiger partial charge in [0.15, 0.2) is 0 Å². The topological polar surface area (TPSA) is 42.4 Å². The zero-order valence-electron chi connectivity index (χ0n) is 12.4. The first kappa shape index (κ1) is 15.2. The van der Waals surface area contributed by atoms with Gasteiger partial charge in [-0.1, -0.05) is 24.3 Å². The number of pyridine rings is 1. The molecule has 0 saturated heterocycles. The number of benzene rings is 2. The average Bonchev–Trinajstić information content (AvgIpc) is 2.62. The van der Waals surface area contributed by atoms with Crippen LogP contribution in [0, 0.1) is 5.82 Å². The van der Waals surface area contributed by atoms with Crippen molar-refractivity contribution in [1.29, 1.82) is 0 Å². The van der Waals surface area contributed by atoms with Crippen LogP contribution in [0.1, 0.15) is 11.1 Å². The maximum Gasteiger partial charge on any atom is 0.129 e. The second kappa shape index (κ2) is 7.03. The van der Waals surface area contributed by atoms with E-state index in [0.29, 0.717) is 16.9 Å². The highest BCUT2D eigenvalue weighted by atomic mass is 19.1. The number of rotatable bonds is 5. The summed E-state index contributed by atoms with van der Waals surface area (Å²) in [6.07, 6.45) is 3.53. The van der Waals surface area contributed by atoms with Gasteiger partial charge in [0.25, 0.3) is 0 Å². The number of aliphatic hydroxyl groups is 1. The maximum atomic E-state index is 13.7. The molecule has 116 valence electrons. The molecule has 1 aromatic heterocycles. The molecule has 0 amide bonds. The van der Waals surface area contributed by atoms with Gasteiger partial charge in [-0.3, -0.25) is 4.98 Å². The molecule has 23 heavy (non-hydrogen) atoms. The molecule has 3 rings (SSSR count). The molecule has 0 aliphatic rings. The van der Waals surface area contributed by atoms with Crippen molar-refractivity contribution >= 4 is 0 Å². The Labute approximate surface area is 134 Å². The molecular formula is C19H16FNO2. The third-order valence-electron chi connectivity index (χ3n) is 3.54. The summed E-state index contributed by atoms with van der Waals surface area (Å²) in [4.78, 5) is 4.09. The van der Waals surface area contributed by atoms with Gasteiger partial charge in [-0.15, -0.1) is 0 Å². The molecule has 0 atom stereocenters. The minimum absolute atomic E-state index is 0.117. The van der Waals surface area contributed by atoms with Gasteiger partial charge in [0.05, 0.1) is 6.61 Å². The molecule has 0 aliphatic heterocycles. The number of aliphatic hydroxyl groups excluding tert-OH is 1. The Balaban J connectivity index is 1.70. The summed E-state index contributed by atoms with van der Waals surface area (Å²) in [6, 6.07) is 15.9. The van der Waals surface area contributed by atoms with E-state index >= 15 is 0 Å². The lowest BCUT2D eigenvalue weighted by Gasteiger charge is -2.09. The fraction of sp³-hybridized carbons (Fsp3) is 0.105. The molecule has 0 radical (unpaired) electrons. The van der Waals surface area contributed by atoms with Crippen molar-refractivity contribution < 1.29 is 14.2 Å². The number of hydrogen-bond donors (Lipinski definition) is 1. The molecule has 3 aromatic rings. The molecule has 3 nitrogen and oxygen atoms in total. The van der Waals surface area contributed by atoms with Crippen molar-refractivity contribution in [3.63, 3.8) is 0 Å². The predicted octanol–water partition coefficient (Wildman–Crippen LogP) is 3.96. The van der Waals surface area contributed by atoms with E-state index in [-0.39, 0.29) is 19.0 Å². The molecule has 0 fully saturated rings. The van der Waals surface area contributed by atoms with E-state index in [0.717, 1.165) is 11.1 Å². The van der Waals surface area contributed by atoms with E-state index in [1.807, 2.05) is 36.4 Å². The Morgan fingerprint density at radius 3 is 2.52 bits per heavy atom. The molecule has 0 saturated carbocycles. The Morgan fingerprint density at radius 2 is 1.83 bits per heavy atom. The van der Waals surface area contributed by atoms with Gasteiger partial charge in [-0.2, -0.15) is 0 Å². The lowest BCUT2D eigenvalue weighted by molar-refractivity contribution is 0.279. The van der Waals surface area contributed by atoms with Gasteiger partial charge in [0.2, 0.25) is 0 Å². The summed E-state index contributed by atoms with van der Waals surface area (Å²) < 4.78 is 19.4. The minimum Gasteiger partial charge on any atom is -0.489 e. The van der Waals surface area contributed by atoms with Gasteiger partial charge in [-0.05, 0) is 47.0 Å². The van der Waals surface area contributed by atoms with Crippen molar-refractivity contribution in [1.82, 2.24) is 4.98 Å². The van der Waals surface area contributed by atoms with E-state index in [4.69, 9.17) is 9.84 Å². The molecule has 1 heterocycles. The Morgan fingerprint density at radius 1 is 1.00 bits per heavy atom. The lowest BCUT2D eigenvalue weighted by atomic mass is 10.1. The van der Waals surface area contributed by atoms with Gasteiger partial charge in [-0.25, -0.2) is 4.39 Å². The summed E-state index contributed by atoms with van der Waals surface area (Å²) in [6.45, 7) is -0.000991. The second-order valence-corrected chi connectivity index (χ2v) is 5.14. The number of hydrogen-bond acceptors (Lipinski definition) is 3. The van der Waals surface area contributed by atoms with Crippen LogP contribution in [-0.4, -0.2) is 10.1 Å². The highest BCUT2D eigenvalue weighted by molar-refractivity contribution is 5.62. The largest absolute Gasteiger partial charge is 0.489 e. The molecule has 4 heteroatoms. The average molecular weight is 309 g/mol. The molecule has 0 spiro atoms. The van der Waals surface area contributed by atoms with E-state index < -0.39 is 0 Å². The van der Waals surface area contributed by atoms with Crippen molar-refractivity contribution in [2.24, 2.45) is 0 Å². The lowest BCUT2D eigenvalue weighted by Crippen LogP contribution is -2.00. The summed E-state index contributed by atoms with van der Waals surface area (Å²) in [5, 5.41) is 9.11. The van der Waals surface area contributed by atoms with E-state index in [2.05, 4.69) is 4.98 Å². The number of ether oxygens (including phenoxy) is 1. The smallest absolute Gasteiger partial charge is 0.129 e. The van der Waals surface area contributed by atoms with Crippen molar-refractivity contribution in [3.8, 4) is 16.9 Å². The molecule has 0 bridgehead atoms. The van der Waals surface area contributed by atoms with E-state index in [9.17, 15) is 4.39 Å². The molecule has 0 unspecified atom stereocenters. The van der Waals surface area contributed by atoms with Crippen LogP contribution >= 0.6 is 0 Å². The van der Waals surface area contributed by atoms with Crippen LogP contribution in [0.4, 0.5) is 4.39 Å². The zero-order valence-corrected chi connectivity index (χ0v) is 12.4. The Kier molecular flexibility index (Phi) is 4.64. The highest BCUT2D eigenvalue weighted by Gasteiger charge is 2.05. The first-order chi connectivity index (χ1) is 11.3. The monoisotopic (exact) mass is 309 g/mol. The van der Waals surface area contributed by atoms with Gasteiger partial charge in [0.1, 0.15) is 18.2 Å². The first-order valence-electron chi connectivity index (χ1n) is 7.27. The van der Waals surface area contributed by atoms with Crippen molar-refractivity contribution in [2.75, 3.05) is 0 Å². The predicted molar refractivity (Wildman–Crippen MR) is 86.3 cm³/mol. The summed E-state index contributed by atoms with van der Waals surface area (Å²) in [7, 11) is 0. The van der Waals surface area contributed by atoms with E-state index in [1.165, 1.54) is 6.07 Å². The molecule has 0 aliphatic carbocycles. The van der Waals surface area contributed by atoms with Crippen LogP contribution in [0.15, 0.2) is 67.0 Å². The fourth-order valence-electron chi connectivity index (χ4n) is 2.28. The molecule has 1 N–H and O–H groups in total. The van der Waals surface area contributed by atoms with Crippen LogP contribution in [0.3, 0.4) is 0 Å². The number of halogens is 1. The second-order valence-electron chi connectivity index (χ2n) is 5.14. The Hall–Kier alpha value is -2.72. The molecule has 2 aromatic carbocycles. The van der Waals surface area contributed by atoms with Gasteiger partial charge >= 0.3 is 0 Å². The standard InChI is InChI=1S/C19H16FNO2/c20-19-8-3-14(12-22)10-17(19)13-23-18-6-4-15(5-7-18)16-2-1-9-21-11-16/h1-11,22H,12-13H2. The van der Waals surface area contributed by atoms with E-state index in [1.54, 1.807) is 24.5 Å². The molecular weight excluding hydrogens is 293 g/mol. The van der Waals surface area contributed by atoms with Crippen LogP contribution in [0.2, 0.25) is 0 Å². The summed E-state index contributed by atoms with van der Waals surface area (Å²) in [5.74, 6) is 0.320. The summed E-state index contributed by atoms with van der Waals surface area (Å²) >= 11 is 0. The van der Waals surface area contributed by atoms with Crippen LogP contribution < -0.4 is 4.74 Å². The van der Waals surface area contributed by atoms with Crippen molar-refractivity contribution in [2.45, 2.75) is 13.2 Å². The minimum atomic E-state index is -0.339. The maximum absolute atomic E-state index is 13.7. The third kappa shape index (κ3) is 3.73. The van der Waals surface area contributed by atoms with Crippen LogP contribution in [0.25, 0.3) is 11.1 Å². The third-order valence-corrected chi connectivity index (χ3v) is 3.54. The van der Waals surface area contributed by atoms with Crippen LogP contribution in [-0.2, 0) is 13.2 Å². The van der Waals surface area contributed by atoms with Crippen molar-refractivity contribution in [3.05, 3.63) is 83.9 Å². The van der Waals surface area contributed by atoms with Crippen LogP contribution in [0.5, 0.6) is 5.75 Å².